The molecule has 0 amide bonds. The Morgan fingerprint density at radius 2 is 2.09 bits per heavy atom. The number of fused-ring (bicyclic) bond motifs is 1. The van der Waals surface area contributed by atoms with Crippen LogP contribution in [-0.2, 0) is 14.2 Å². The highest BCUT2D eigenvalue weighted by Crippen LogP contribution is 2.33. The Morgan fingerprint density at radius 3 is 2.73 bits per heavy atom. The summed E-state index contributed by atoms with van der Waals surface area (Å²) >= 11 is 0. The molecule has 0 bridgehead atoms. The molecule has 0 aliphatic carbocycles. The lowest BCUT2D eigenvalue weighted by Crippen LogP contribution is -2.29. The fourth-order valence-electron chi connectivity index (χ4n) is 1.52. The second kappa shape index (κ2) is 2.17. The number of aliphatic hydroxyl groups is 1. The molecule has 0 spiro atoms. The normalized spacial score (nSPS) is 47.7. The summed E-state index contributed by atoms with van der Waals surface area (Å²) < 4.78 is 15.7. The Hall–Kier alpha value is -0.160. The zero-order chi connectivity index (χ0) is 8.06. The number of aliphatic hydroxyl groups excluding tert-OH is 1. The number of rotatable bonds is 0. The van der Waals surface area contributed by atoms with E-state index in [1.54, 1.807) is 0 Å². The van der Waals surface area contributed by atoms with Crippen LogP contribution >= 0.6 is 0 Å². The zero-order valence-electron chi connectivity index (χ0n) is 6.61. The third kappa shape index (κ3) is 1.16. The molecule has 0 aromatic carbocycles. The fraction of sp³-hybridized carbons (Fsp3) is 1.00. The summed E-state index contributed by atoms with van der Waals surface area (Å²) in [5.41, 5.74) is 0. The summed E-state index contributed by atoms with van der Waals surface area (Å²) in [5, 5.41) is 9.20. The van der Waals surface area contributed by atoms with Crippen LogP contribution in [0.1, 0.15) is 13.8 Å². The molecular formula is C7H12O4. The van der Waals surface area contributed by atoms with Crippen molar-refractivity contribution >= 4 is 0 Å². The quantitative estimate of drug-likeness (QED) is 0.535. The monoisotopic (exact) mass is 160 g/mol. The maximum Gasteiger partial charge on any atom is 0.184 e. The average molecular weight is 160 g/mol. The van der Waals surface area contributed by atoms with E-state index in [1.165, 1.54) is 0 Å². The molecule has 1 unspecified atom stereocenters. The Kier molecular flexibility index (Phi) is 1.47. The molecule has 4 nitrogen and oxygen atoms in total. The van der Waals surface area contributed by atoms with E-state index < -0.39 is 12.1 Å². The van der Waals surface area contributed by atoms with Crippen molar-refractivity contribution in [3.8, 4) is 0 Å². The third-order valence-corrected chi connectivity index (χ3v) is 1.93. The largest absolute Gasteiger partial charge is 0.366 e. The molecule has 2 fully saturated rings. The first kappa shape index (κ1) is 7.49. The van der Waals surface area contributed by atoms with Crippen LogP contribution in [0.3, 0.4) is 0 Å². The first-order valence-corrected chi connectivity index (χ1v) is 3.74. The lowest BCUT2D eigenvalue weighted by Gasteiger charge is -2.19. The highest BCUT2D eigenvalue weighted by atomic mass is 16.8. The van der Waals surface area contributed by atoms with E-state index in [0.717, 1.165) is 0 Å². The molecule has 4 heteroatoms. The minimum absolute atomic E-state index is 0.0972. The molecule has 3 atom stereocenters. The van der Waals surface area contributed by atoms with E-state index >= 15 is 0 Å². The van der Waals surface area contributed by atoms with Gasteiger partial charge in [0.05, 0.1) is 6.61 Å². The van der Waals surface area contributed by atoms with Crippen molar-refractivity contribution < 1.29 is 19.3 Å². The lowest BCUT2D eigenvalue weighted by atomic mass is 10.2. The van der Waals surface area contributed by atoms with Crippen molar-refractivity contribution in [2.75, 3.05) is 6.61 Å². The predicted octanol–water partition coefficient (Wildman–Crippen LogP) is -0.145. The molecule has 0 aromatic rings. The molecule has 2 saturated heterocycles. The Bertz CT molecular complexity index is 168. The van der Waals surface area contributed by atoms with Gasteiger partial charge in [-0.2, -0.15) is 0 Å². The van der Waals surface area contributed by atoms with Gasteiger partial charge < -0.3 is 19.3 Å². The van der Waals surface area contributed by atoms with E-state index in [2.05, 4.69) is 0 Å². The van der Waals surface area contributed by atoms with E-state index in [9.17, 15) is 5.11 Å². The van der Waals surface area contributed by atoms with Gasteiger partial charge in [-0.25, -0.2) is 0 Å². The van der Waals surface area contributed by atoms with Crippen molar-refractivity contribution in [1.82, 2.24) is 0 Å². The van der Waals surface area contributed by atoms with Crippen LogP contribution in [-0.4, -0.2) is 36.0 Å². The first-order chi connectivity index (χ1) is 5.08. The summed E-state index contributed by atoms with van der Waals surface area (Å²) in [6.07, 6.45) is -1.22. The zero-order valence-corrected chi connectivity index (χ0v) is 6.61. The predicted molar refractivity (Wildman–Crippen MR) is 35.8 cm³/mol. The second-order valence-corrected chi connectivity index (χ2v) is 3.36. The van der Waals surface area contributed by atoms with Gasteiger partial charge in [0.15, 0.2) is 12.1 Å². The van der Waals surface area contributed by atoms with Gasteiger partial charge in [-0.3, -0.25) is 0 Å². The topological polar surface area (TPSA) is 47.9 Å². The Morgan fingerprint density at radius 1 is 1.36 bits per heavy atom. The summed E-state index contributed by atoms with van der Waals surface area (Å²) in [7, 11) is 0. The molecule has 2 rings (SSSR count). The van der Waals surface area contributed by atoms with E-state index in [4.69, 9.17) is 14.2 Å². The van der Waals surface area contributed by atoms with E-state index in [0.29, 0.717) is 6.61 Å². The second-order valence-electron chi connectivity index (χ2n) is 3.36. The van der Waals surface area contributed by atoms with Crippen molar-refractivity contribution in [3.63, 3.8) is 0 Å². The standard InChI is InChI=1S/C7H12O4/c1-7(2)10-4-3-9-6(8)5(4)11-7/h4-6,8H,3H2,1-2H3/t4-,5+,6?/m1/s1. The van der Waals surface area contributed by atoms with Crippen LogP contribution in [0.5, 0.6) is 0 Å². The van der Waals surface area contributed by atoms with Crippen molar-refractivity contribution in [2.45, 2.75) is 38.1 Å². The summed E-state index contributed by atoms with van der Waals surface area (Å²) in [4.78, 5) is 0. The maximum atomic E-state index is 9.20. The van der Waals surface area contributed by atoms with Gasteiger partial charge in [0.25, 0.3) is 0 Å². The minimum Gasteiger partial charge on any atom is -0.366 e. The lowest BCUT2D eigenvalue weighted by molar-refractivity contribution is -0.205. The van der Waals surface area contributed by atoms with Crippen molar-refractivity contribution in [3.05, 3.63) is 0 Å². The van der Waals surface area contributed by atoms with Gasteiger partial charge in [0.2, 0.25) is 0 Å². The van der Waals surface area contributed by atoms with Gasteiger partial charge in [-0.05, 0) is 13.8 Å². The molecular weight excluding hydrogens is 148 g/mol. The highest BCUT2D eigenvalue weighted by molar-refractivity contribution is 4.87. The van der Waals surface area contributed by atoms with Crippen LogP contribution in [0.2, 0.25) is 0 Å². The molecule has 0 aromatic heterocycles. The van der Waals surface area contributed by atoms with Crippen LogP contribution in [0.25, 0.3) is 0 Å². The van der Waals surface area contributed by atoms with E-state index in [1.807, 2.05) is 13.8 Å². The van der Waals surface area contributed by atoms with Gasteiger partial charge in [0, 0.05) is 0 Å². The first-order valence-electron chi connectivity index (χ1n) is 3.74. The van der Waals surface area contributed by atoms with Gasteiger partial charge in [0.1, 0.15) is 12.2 Å². The molecule has 0 saturated carbocycles. The maximum absolute atomic E-state index is 9.20. The Labute approximate surface area is 65.1 Å². The SMILES string of the molecule is CC1(C)O[C@@H]2C(O)OC[C@H]2O1. The van der Waals surface area contributed by atoms with Gasteiger partial charge in [-0.1, -0.05) is 0 Å². The fourth-order valence-corrected chi connectivity index (χ4v) is 1.52. The molecule has 2 aliphatic heterocycles. The summed E-state index contributed by atoms with van der Waals surface area (Å²) in [5.74, 6) is -0.569. The number of hydrogen-bond acceptors (Lipinski definition) is 4. The van der Waals surface area contributed by atoms with Gasteiger partial charge >= 0.3 is 0 Å². The molecule has 0 radical (unpaired) electrons. The molecule has 2 heterocycles. The summed E-state index contributed by atoms with van der Waals surface area (Å²) in [6, 6.07) is 0. The van der Waals surface area contributed by atoms with Gasteiger partial charge in [-0.15, -0.1) is 0 Å². The third-order valence-electron chi connectivity index (χ3n) is 1.93. The molecule has 11 heavy (non-hydrogen) atoms. The molecule has 64 valence electrons. The minimum atomic E-state index is -0.818. The van der Waals surface area contributed by atoms with Crippen LogP contribution in [0.4, 0.5) is 0 Å². The smallest absolute Gasteiger partial charge is 0.184 e. The molecule has 1 N–H and O–H groups in total. The van der Waals surface area contributed by atoms with Crippen LogP contribution in [0, 0.1) is 0 Å². The van der Waals surface area contributed by atoms with Crippen LogP contribution in [0.15, 0.2) is 0 Å². The van der Waals surface area contributed by atoms with Crippen molar-refractivity contribution in [2.24, 2.45) is 0 Å². The summed E-state index contributed by atoms with van der Waals surface area (Å²) in [6.45, 7) is 4.09. The average Bonchev–Trinajstić information content (AvgIpc) is 2.31. The van der Waals surface area contributed by atoms with Crippen molar-refractivity contribution in [1.29, 1.82) is 0 Å². The molecule has 2 aliphatic rings. The number of ether oxygens (including phenoxy) is 3. The number of hydrogen-bond donors (Lipinski definition) is 1. The Balaban J connectivity index is 2.10. The van der Waals surface area contributed by atoms with E-state index in [-0.39, 0.29) is 12.2 Å². The van der Waals surface area contributed by atoms with Crippen LogP contribution < -0.4 is 0 Å². The highest BCUT2D eigenvalue weighted by Gasteiger charge is 2.49.